The van der Waals surface area contributed by atoms with Crippen LogP contribution in [0.25, 0.3) is 0 Å². The fourth-order valence-electron chi connectivity index (χ4n) is 1.82. The molecule has 0 aliphatic carbocycles. The molecular weight excluding hydrogens is 306 g/mol. The van der Waals surface area contributed by atoms with Gasteiger partial charge in [0.15, 0.2) is 0 Å². The van der Waals surface area contributed by atoms with Crippen molar-refractivity contribution in [2.45, 2.75) is 77.7 Å². The van der Waals surface area contributed by atoms with Gasteiger partial charge in [-0.15, -0.1) is 0 Å². The Kier molecular flexibility index (Phi) is 14.5. The van der Waals surface area contributed by atoms with Crippen LogP contribution in [0.3, 0.4) is 0 Å². The summed E-state index contributed by atoms with van der Waals surface area (Å²) >= 11 is 0. The average molecular weight is 332 g/mol. The smallest absolute Gasteiger partial charge is 0.264 e. The van der Waals surface area contributed by atoms with Gasteiger partial charge >= 0.3 is 10.4 Å². The molecule has 0 aromatic carbocycles. The molecule has 1 atom stereocenters. The third kappa shape index (κ3) is 14.6. The fourth-order valence-corrected chi connectivity index (χ4v) is 2.36. The van der Waals surface area contributed by atoms with E-state index in [1.807, 2.05) is 6.92 Å². The van der Waals surface area contributed by atoms with Crippen LogP contribution in [-0.4, -0.2) is 19.1 Å². The summed E-state index contributed by atoms with van der Waals surface area (Å²) in [5, 5.41) is 0. The van der Waals surface area contributed by atoms with Gasteiger partial charge in [-0.2, -0.15) is 8.42 Å². The second kappa shape index (κ2) is 12.5. The van der Waals surface area contributed by atoms with Gasteiger partial charge in [-0.3, -0.25) is 4.55 Å². The normalized spacial score (nSPS) is 13.1. The van der Waals surface area contributed by atoms with Gasteiger partial charge in [0.2, 0.25) is 0 Å². The van der Waals surface area contributed by atoms with Gasteiger partial charge in [-0.05, 0) is 12.8 Å². The van der Waals surface area contributed by atoms with Crippen LogP contribution in [0.2, 0.25) is 0 Å². The summed E-state index contributed by atoms with van der Waals surface area (Å²) < 4.78 is 34.7. The molecule has 1 unspecified atom stereocenters. The first kappa shape index (κ1) is 20.8. The second-order valence-corrected chi connectivity index (χ2v) is 5.54. The van der Waals surface area contributed by atoms with E-state index in [9.17, 15) is 8.42 Å². The van der Waals surface area contributed by atoms with Crippen LogP contribution < -0.4 is 0 Å². The van der Waals surface area contributed by atoms with E-state index in [0.717, 1.165) is 25.7 Å². The molecule has 0 aromatic heterocycles. The molecule has 0 radical (unpaired) electrons. The van der Waals surface area contributed by atoms with E-state index in [1.165, 1.54) is 19.3 Å². The van der Waals surface area contributed by atoms with Crippen LogP contribution in [0.4, 0.5) is 0 Å². The first-order chi connectivity index (χ1) is 7.99. The number of hydrogen-bond donors (Lipinski definition) is 1. The zero-order valence-corrected chi connectivity index (χ0v) is 15.5. The minimum absolute atomic E-state index is 0. The molecule has 0 fully saturated rings. The Bertz CT molecular complexity index is 267. The molecule has 6 heteroatoms. The Balaban J connectivity index is 0. The van der Waals surface area contributed by atoms with Crippen molar-refractivity contribution in [3.63, 3.8) is 0 Å². The van der Waals surface area contributed by atoms with E-state index in [2.05, 4.69) is 11.1 Å². The molecule has 0 aliphatic heterocycles. The summed E-state index contributed by atoms with van der Waals surface area (Å²) in [5.74, 6) is 0. The molecular formula is C12H26O4SZn. The van der Waals surface area contributed by atoms with Crippen molar-refractivity contribution in [1.82, 2.24) is 0 Å². The molecule has 0 amide bonds. The van der Waals surface area contributed by atoms with Crippen LogP contribution in [-0.2, 0) is 34.1 Å². The van der Waals surface area contributed by atoms with Gasteiger partial charge in [-0.1, -0.05) is 58.8 Å². The van der Waals surface area contributed by atoms with E-state index in [-0.39, 0.29) is 25.6 Å². The molecule has 106 valence electrons. The minimum Gasteiger partial charge on any atom is -0.264 e. The predicted molar refractivity (Wildman–Crippen MR) is 69.3 cm³/mol. The summed E-state index contributed by atoms with van der Waals surface area (Å²) in [6, 6.07) is 0. The number of unbranched alkanes of at least 4 members (excludes halogenated alkanes) is 5. The maximum absolute atomic E-state index is 10.7. The molecule has 0 saturated heterocycles. The van der Waals surface area contributed by atoms with Gasteiger partial charge in [0, 0.05) is 19.5 Å². The van der Waals surface area contributed by atoms with E-state index in [1.54, 1.807) is 0 Å². The molecule has 0 rings (SSSR count). The molecule has 0 saturated carbocycles. The molecule has 0 aromatic rings. The molecule has 0 aliphatic rings. The first-order valence-corrected chi connectivity index (χ1v) is 8.01. The van der Waals surface area contributed by atoms with Crippen LogP contribution in [0.1, 0.15) is 71.6 Å². The summed E-state index contributed by atoms with van der Waals surface area (Å²) in [4.78, 5) is 0. The van der Waals surface area contributed by atoms with Crippen molar-refractivity contribution in [3.8, 4) is 0 Å². The fraction of sp³-hybridized carbons (Fsp3) is 1.00. The summed E-state index contributed by atoms with van der Waals surface area (Å²) in [5.41, 5.74) is 0. The number of hydrogen-bond acceptors (Lipinski definition) is 3. The predicted octanol–water partition coefficient (Wildman–Crippen LogP) is 3.72. The van der Waals surface area contributed by atoms with Crippen molar-refractivity contribution in [2.75, 3.05) is 0 Å². The Morgan fingerprint density at radius 3 is 1.94 bits per heavy atom. The summed E-state index contributed by atoms with van der Waals surface area (Å²) in [6.45, 7) is 4.21. The topological polar surface area (TPSA) is 63.6 Å². The SMILES string of the molecule is CCCCCCCC(CCCC)OS(=O)(=O)O.[Zn]. The van der Waals surface area contributed by atoms with Crippen LogP contribution >= 0.6 is 0 Å². The van der Waals surface area contributed by atoms with Crippen LogP contribution in [0.15, 0.2) is 0 Å². The zero-order valence-electron chi connectivity index (χ0n) is 11.7. The van der Waals surface area contributed by atoms with Gasteiger partial charge in [0.05, 0.1) is 6.10 Å². The molecule has 0 heterocycles. The van der Waals surface area contributed by atoms with Crippen molar-refractivity contribution < 1.29 is 36.6 Å². The van der Waals surface area contributed by atoms with E-state index in [0.29, 0.717) is 12.8 Å². The van der Waals surface area contributed by atoms with Gasteiger partial charge in [-0.25, -0.2) is 4.18 Å². The molecule has 0 spiro atoms. The van der Waals surface area contributed by atoms with Crippen molar-refractivity contribution in [3.05, 3.63) is 0 Å². The monoisotopic (exact) mass is 330 g/mol. The third-order valence-corrected chi connectivity index (χ3v) is 3.28. The van der Waals surface area contributed by atoms with Crippen molar-refractivity contribution in [1.29, 1.82) is 0 Å². The maximum Gasteiger partial charge on any atom is 0.397 e. The molecule has 1 N–H and O–H groups in total. The quantitative estimate of drug-likeness (QED) is 0.356. The summed E-state index contributed by atoms with van der Waals surface area (Å²) in [7, 11) is -4.30. The third-order valence-electron chi connectivity index (χ3n) is 2.77. The van der Waals surface area contributed by atoms with E-state index >= 15 is 0 Å². The summed E-state index contributed by atoms with van der Waals surface area (Å²) in [6.07, 6.45) is 8.65. The van der Waals surface area contributed by atoms with Crippen molar-refractivity contribution in [2.24, 2.45) is 0 Å². The Hall–Kier alpha value is 0.493. The average Bonchev–Trinajstić information content (AvgIpc) is 2.23. The van der Waals surface area contributed by atoms with E-state index in [4.69, 9.17) is 4.55 Å². The van der Waals surface area contributed by atoms with Crippen molar-refractivity contribution >= 4 is 10.4 Å². The number of rotatable bonds is 11. The van der Waals surface area contributed by atoms with Gasteiger partial charge in [0.1, 0.15) is 0 Å². The largest absolute Gasteiger partial charge is 0.397 e. The first-order valence-electron chi connectivity index (χ1n) is 6.65. The zero-order chi connectivity index (χ0) is 13.1. The van der Waals surface area contributed by atoms with Gasteiger partial charge < -0.3 is 0 Å². The van der Waals surface area contributed by atoms with Crippen LogP contribution in [0, 0.1) is 0 Å². The standard InChI is InChI=1S/C12H26O4S.Zn/c1-3-5-7-8-9-11-12(10-6-4-2)16-17(13,14)15;/h12H,3-11H2,1-2H3,(H,13,14,15);. The minimum atomic E-state index is -4.30. The second-order valence-electron chi connectivity index (χ2n) is 4.49. The molecule has 4 nitrogen and oxygen atoms in total. The van der Waals surface area contributed by atoms with E-state index < -0.39 is 10.4 Å². The maximum atomic E-state index is 10.7. The van der Waals surface area contributed by atoms with Crippen LogP contribution in [0.5, 0.6) is 0 Å². The Morgan fingerprint density at radius 1 is 0.944 bits per heavy atom. The Morgan fingerprint density at radius 2 is 1.44 bits per heavy atom. The van der Waals surface area contributed by atoms with Gasteiger partial charge in [0.25, 0.3) is 0 Å². The molecule has 18 heavy (non-hydrogen) atoms. The molecule has 0 bridgehead atoms. The Labute approximate surface area is 125 Å².